The van der Waals surface area contributed by atoms with Crippen LogP contribution in [0.2, 0.25) is 10.0 Å². The number of nitrogens with zero attached hydrogens (tertiary/aromatic N) is 2. The van der Waals surface area contributed by atoms with Crippen LogP contribution in [0, 0.1) is 6.92 Å². The monoisotopic (exact) mass is 474 g/mol. The van der Waals surface area contributed by atoms with Crippen LogP contribution in [0.3, 0.4) is 0 Å². The highest BCUT2D eigenvalue weighted by Crippen LogP contribution is 2.49. The van der Waals surface area contributed by atoms with Crippen molar-refractivity contribution in [3.8, 4) is 0 Å². The summed E-state index contributed by atoms with van der Waals surface area (Å²) in [7, 11) is 0. The quantitative estimate of drug-likeness (QED) is 0.453. The maximum atomic E-state index is 14.1. The molecule has 2 aromatic carbocycles. The lowest BCUT2D eigenvalue weighted by atomic mass is 9.86. The molecule has 31 heavy (non-hydrogen) atoms. The first kappa shape index (κ1) is 22.9. The molecular formula is C20H15Cl2F3N2O4. The average molecular weight is 475 g/mol. The van der Waals surface area contributed by atoms with Crippen LogP contribution in [0.1, 0.15) is 28.7 Å². The summed E-state index contributed by atoms with van der Waals surface area (Å²) in [6, 6.07) is 8.42. The molecule has 0 aromatic heterocycles. The van der Waals surface area contributed by atoms with Gasteiger partial charge in [0.25, 0.3) is 5.60 Å². The van der Waals surface area contributed by atoms with Gasteiger partial charge in [-0.3, -0.25) is 0 Å². The van der Waals surface area contributed by atoms with Crippen molar-refractivity contribution in [1.29, 1.82) is 0 Å². The lowest BCUT2D eigenvalue weighted by Crippen LogP contribution is -2.42. The second kappa shape index (κ2) is 8.76. The van der Waals surface area contributed by atoms with E-state index in [2.05, 4.69) is 15.1 Å². The molecule has 0 saturated heterocycles. The molecule has 1 heterocycles. The van der Waals surface area contributed by atoms with Gasteiger partial charge in [-0.25, -0.2) is 4.79 Å². The number of benzene rings is 2. The summed E-state index contributed by atoms with van der Waals surface area (Å²) in [5.41, 5.74) is -1.17. The SMILES string of the molecule is Cc1cc(C2=NOC(c3cc(Cl)cc(Cl)c3)(C(F)(F)F)C2)ccc1C=NOCC(=O)O. The van der Waals surface area contributed by atoms with Gasteiger partial charge in [0.15, 0.2) is 0 Å². The third-order valence-corrected chi connectivity index (χ3v) is 5.01. The first-order valence-corrected chi connectivity index (χ1v) is 9.54. The summed E-state index contributed by atoms with van der Waals surface area (Å²) in [6.45, 7) is 1.13. The summed E-state index contributed by atoms with van der Waals surface area (Å²) in [6.07, 6.45) is -4.04. The van der Waals surface area contributed by atoms with E-state index in [4.69, 9.17) is 33.1 Å². The maximum absolute atomic E-state index is 14.1. The fourth-order valence-electron chi connectivity index (χ4n) is 3.03. The number of carboxylic acid groups (broad SMARTS) is 1. The summed E-state index contributed by atoms with van der Waals surface area (Å²) in [4.78, 5) is 20.0. The number of hydrogen-bond donors (Lipinski definition) is 1. The van der Waals surface area contributed by atoms with E-state index in [-0.39, 0.29) is 21.3 Å². The van der Waals surface area contributed by atoms with Crippen molar-refractivity contribution in [1.82, 2.24) is 0 Å². The van der Waals surface area contributed by atoms with E-state index in [9.17, 15) is 18.0 Å². The summed E-state index contributed by atoms with van der Waals surface area (Å²) < 4.78 is 42.2. The molecule has 164 valence electrons. The van der Waals surface area contributed by atoms with E-state index < -0.39 is 30.8 Å². The Hall–Kier alpha value is -2.78. The van der Waals surface area contributed by atoms with E-state index >= 15 is 0 Å². The number of aliphatic carboxylic acids is 1. The van der Waals surface area contributed by atoms with E-state index in [0.717, 1.165) is 12.1 Å². The van der Waals surface area contributed by atoms with Gasteiger partial charge in [-0.05, 0) is 47.9 Å². The minimum absolute atomic E-state index is 0.0489. The number of oxime groups is 2. The van der Waals surface area contributed by atoms with Gasteiger partial charge >= 0.3 is 12.1 Å². The van der Waals surface area contributed by atoms with Crippen molar-refractivity contribution in [2.45, 2.75) is 25.1 Å². The third-order valence-electron chi connectivity index (χ3n) is 4.57. The zero-order valence-electron chi connectivity index (χ0n) is 15.9. The lowest BCUT2D eigenvalue weighted by Gasteiger charge is -2.29. The molecule has 0 saturated carbocycles. The summed E-state index contributed by atoms with van der Waals surface area (Å²) >= 11 is 11.8. The minimum Gasteiger partial charge on any atom is -0.479 e. The van der Waals surface area contributed by atoms with Gasteiger partial charge in [-0.15, -0.1) is 0 Å². The first-order chi connectivity index (χ1) is 14.5. The molecule has 0 aliphatic carbocycles. The summed E-state index contributed by atoms with van der Waals surface area (Å²) in [5.74, 6) is -1.17. The van der Waals surface area contributed by atoms with Crippen molar-refractivity contribution >= 4 is 41.1 Å². The molecule has 0 bridgehead atoms. The number of aryl methyl sites for hydroxylation is 1. The van der Waals surface area contributed by atoms with Crippen LogP contribution in [-0.2, 0) is 20.1 Å². The second-order valence-corrected chi connectivity index (χ2v) is 7.63. The Labute approximate surface area is 184 Å². The van der Waals surface area contributed by atoms with Crippen molar-refractivity contribution in [2.24, 2.45) is 10.3 Å². The van der Waals surface area contributed by atoms with E-state index in [1.807, 2.05) is 0 Å². The predicted molar refractivity (Wildman–Crippen MR) is 109 cm³/mol. The molecule has 1 atom stereocenters. The van der Waals surface area contributed by atoms with Crippen LogP contribution in [0.25, 0.3) is 0 Å². The van der Waals surface area contributed by atoms with Crippen LogP contribution < -0.4 is 0 Å². The molecule has 1 aliphatic heterocycles. The molecule has 0 amide bonds. The van der Waals surface area contributed by atoms with E-state index in [0.29, 0.717) is 16.7 Å². The van der Waals surface area contributed by atoms with Crippen LogP contribution in [0.15, 0.2) is 46.7 Å². The maximum Gasteiger partial charge on any atom is 0.435 e. The number of halogens is 5. The van der Waals surface area contributed by atoms with Gasteiger partial charge in [0.1, 0.15) is 0 Å². The fourth-order valence-corrected chi connectivity index (χ4v) is 3.56. The highest BCUT2D eigenvalue weighted by atomic mass is 35.5. The van der Waals surface area contributed by atoms with Crippen LogP contribution in [-0.4, -0.2) is 35.8 Å². The van der Waals surface area contributed by atoms with Crippen molar-refractivity contribution in [3.05, 3.63) is 68.7 Å². The predicted octanol–water partition coefficient (Wildman–Crippen LogP) is 5.32. The van der Waals surface area contributed by atoms with Gasteiger partial charge in [0, 0.05) is 22.0 Å². The molecule has 2 aromatic rings. The number of rotatable bonds is 6. The van der Waals surface area contributed by atoms with Crippen LogP contribution >= 0.6 is 23.2 Å². The standard InChI is InChI=1S/C20H15Cl2F3N2O4/c1-11-4-12(2-3-13(11)9-26-30-10-18(28)29)17-8-19(31-27-17,20(23,24)25)14-5-15(21)7-16(22)6-14/h2-7,9H,8,10H2,1H3,(H,28,29). The Bertz CT molecular complexity index is 1050. The van der Waals surface area contributed by atoms with Gasteiger partial charge in [-0.2, -0.15) is 13.2 Å². The Morgan fingerprint density at radius 2 is 1.97 bits per heavy atom. The molecule has 6 nitrogen and oxygen atoms in total. The van der Waals surface area contributed by atoms with Gasteiger partial charge in [-0.1, -0.05) is 45.6 Å². The summed E-state index contributed by atoms with van der Waals surface area (Å²) in [5, 5.41) is 15.9. The highest BCUT2D eigenvalue weighted by Gasteiger charge is 2.62. The van der Waals surface area contributed by atoms with Crippen molar-refractivity contribution in [3.63, 3.8) is 0 Å². The van der Waals surface area contributed by atoms with Gasteiger partial charge in [0.05, 0.1) is 11.9 Å². The number of hydrogen-bond acceptors (Lipinski definition) is 5. The van der Waals surface area contributed by atoms with Crippen molar-refractivity contribution in [2.75, 3.05) is 6.61 Å². The van der Waals surface area contributed by atoms with E-state index in [1.54, 1.807) is 25.1 Å². The molecule has 1 aliphatic rings. The van der Waals surface area contributed by atoms with Crippen LogP contribution in [0.5, 0.6) is 0 Å². The normalized spacial score (nSPS) is 18.7. The Balaban J connectivity index is 1.87. The van der Waals surface area contributed by atoms with Crippen molar-refractivity contribution < 1.29 is 32.7 Å². The Morgan fingerprint density at radius 1 is 1.29 bits per heavy atom. The fraction of sp³-hybridized carbons (Fsp3) is 0.250. The number of alkyl halides is 3. The topological polar surface area (TPSA) is 80.5 Å². The molecular weight excluding hydrogens is 460 g/mol. The van der Waals surface area contributed by atoms with Gasteiger partial charge < -0.3 is 14.8 Å². The molecule has 0 spiro atoms. The minimum atomic E-state index is -4.78. The average Bonchev–Trinajstić information content (AvgIpc) is 3.12. The number of carboxylic acids is 1. The molecule has 0 radical (unpaired) electrons. The zero-order valence-corrected chi connectivity index (χ0v) is 17.4. The number of carbonyl (C=O) groups is 1. The smallest absolute Gasteiger partial charge is 0.435 e. The molecule has 3 rings (SSSR count). The Kier molecular flexibility index (Phi) is 6.47. The molecule has 0 fully saturated rings. The Morgan fingerprint density at radius 3 is 2.55 bits per heavy atom. The molecule has 1 N–H and O–H groups in total. The van der Waals surface area contributed by atoms with Gasteiger partial charge in [0.2, 0.25) is 6.61 Å². The zero-order chi connectivity index (χ0) is 22.8. The molecule has 1 unspecified atom stereocenters. The van der Waals surface area contributed by atoms with Crippen LogP contribution in [0.4, 0.5) is 13.2 Å². The molecule has 11 heteroatoms. The third kappa shape index (κ3) is 4.94. The highest BCUT2D eigenvalue weighted by molar-refractivity contribution is 6.34. The first-order valence-electron chi connectivity index (χ1n) is 8.78. The lowest BCUT2D eigenvalue weighted by molar-refractivity contribution is -0.275. The van der Waals surface area contributed by atoms with E-state index in [1.165, 1.54) is 12.3 Å². The largest absolute Gasteiger partial charge is 0.479 e. The second-order valence-electron chi connectivity index (χ2n) is 6.76.